The summed E-state index contributed by atoms with van der Waals surface area (Å²) in [5, 5.41) is 4.95. The number of benzene rings is 3. The Kier molecular flexibility index (Phi) is 5.15. The van der Waals surface area contributed by atoms with E-state index in [4.69, 9.17) is 0 Å². The van der Waals surface area contributed by atoms with Crippen LogP contribution in [0.1, 0.15) is 20.8 Å². The van der Waals surface area contributed by atoms with Crippen molar-refractivity contribution < 1.29 is 9.59 Å². The van der Waals surface area contributed by atoms with Crippen LogP contribution in [0, 0.1) is 0 Å². The Balaban J connectivity index is 1.22. The molecule has 2 amide bonds. The molecule has 6 rings (SSSR count). The van der Waals surface area contributed by atoms with Gasteiger partial charge in [0.25, 0.3) is 11.8 Å². The number of nitrogens with zero attached hydrogens (tertiary/aromatic N) is 1. The molecule has 3 aromatic carbocycles. The maximum Gasteiger partial charge on any atom is 0.272 e. The third-order valence-electron chi connectivity index (χ3n) is 6.45. The number of fused-ring (bicyclic) bond motifs is 2. The van der Waals surface area contributed by atoms with E-state index in [1.807, 2.05) is 79.1 Å². The zero-order chi connectivity index (χ0) is 24.6. The molecule has 0 aliphatic carbocycles. The Morgan fingerprint density at radius 3 is 2.47 bits per heavy atom. The Morgan fingerprint density at radius 2 is 1.67 bits per heavy atom. The lowest BCUT2D eigenvalue weighted by molar-refractivity contribution is 0.0991. The van der Waals surface area contributed by atoms with E-state index in [0.29, 0.717) is 11.3 Å². The molecule has 176 valence electrons. The predicted octanol–water partition coefficient (Wildman–Crippen LogP) is 6.17. The van der Waals surface area contributed by atoms with Gasteiger partial charge in [0.2, 0.25) is 0 Å². The molecule has 4 N–H and O–H groups in total. The highest BCUT2D eigenvalue weighted by molar-refractivity contribution is 6.09. The van der Waals surface area contributed by atoms with Gasteiger partial charge in [-0.05, 0) is 66.2 Å². The second-order valence-corrected chi connectivity index (χ2v) is 8.69. The molecule has 7 heteroatoms. The summed E-state index contributed by atoms with van der Waals surface area (Å²) in [6.45, 7) is 0. The summed E-state index contributed by atoms with van der Waals surface area (Å²) >= 11 is 0. The smallest absolute Gasteiger partial charge is 0.272 e. The van der Waals surface area contributed by atoms with E-state index in [2.05, 4.69) is 20.3 Å². The molecule has 0 spiro atoms. The fraction of sp³-hybridized carbons (Fsp3) is 0.0345. The van der Waals surface area contributed by atoms with Gasteiger partial charge in [-0.3, -0.25) is 9.59 Å². The highest BCUT2D eigenvalue weighted by Gasteiger charge is 2.16. The second kappa shape index (κ2) is 8.63. The van der Waals surface area contributed by atoms with Crippen molar-refractivity contribution >= 4 is 45.0 Å². The summed E-state index contributed by atoms with van der Waals surface area (Å²) in [5.74, 6) is -0.250. The lowest BCUT2D eigenvalue weighted by atomic mass is 10.0. The minimum absolute atomic E-state index is 0.0683. The fourth-order valence-electron chi connectivity index (χ4n) is 4.46. The second-order valence-electron chi connectivity index (χ2n) is 8.69. The van der Waals surface area contributed by atoms with Crippen LogP contribution in [0.5, 0.6) is 0 Å². The molecule has 6 aromatic rings. The van der Waals surface area contributed by atoms with Gasteiger partial charge in [-0.15, -0.1) is 0 Å². The van der Waals surface area contributed by atoms with Gasteiger partial charge in [-0.1, -0.05) is 18.2 Å². The highest BCUT2D eigenvalue weighted by Crippen LogP contribution is 2.32. The number of amides is 2. The van der Waals surface area contributed by atoms with Crippen molar-refractivity contribution in [2.24, 2.45) is 0 Å². The van der Waals surface area contributed by atoms with Crippen LogP contribution in [0.2, 0.25) is 0 Å². The van der Waals surface area contributed by atoms with Crippen molar-refractivity contribution in [2.45, 2.75) is 0 Å². The summed E-state index contributed by atoms with van der Waals surface area (Å²) in [5.41, 5.74) is 6.69. The molecular formula is C29H23N5O2. The van der Waals surface area contributed by atoms with Gasteiger partial charge in [0.1, 0.15) is 5.69 Å². The largest absolute Gasteiger partial charge is 0.361 e. The van der Waals surface area contributed by atoms with E-state index in [0.717, 1.165) is 44.3 Å². The third kappa shape index (κ3) is 3.82. The lowest BCUT2D eigenvalue weighted by Gasteiger charge is -2.18. The molecule has 0 aliphatic heterocycles. The monoisotopic (exact) mass is 473 g/mol. The molecule has 36 heavy (non-hydrogen) atoms. The summed E-state index contributed by atoms with van der Waals surface area (Å²) in [7, 11) is 1.79. The molecule has 0 saturated heterocycles. The number of nitrogens with one attached hydrogen (secondary N) is 4. The zero-order valence-corrected chi connectivity index (χ0v) is 19.5. The van der Waals surface area contributed by atoms with Crippen LogP contribution in [0.3, 0.4) is 0 Å². The zero-order valence-electron chi connectivity index (χ0n) is 19.5. The summed E-state index contributed by atoms with van der Waals surface area (Å²) < 4.78 is 0. The van der Waals surface area contributed by atoms with Crippen LogP contribution in [0.15, 0.2) is 97.5 Å². The molecule has 7 nitrogen and oxygen atoms in total. The van der Waals surface area contributed by atoms with E-state index < -0.39 is 0 Å². The minimum Gasteiger partial charge on any atom is -0.361 e. The minimum atomic E-state index is -0.181. The van der Waals surface area contributed by atoms with E-state index in [1.165, 1.54) is 0 Å². The van der Waals surface area contributed by atoms with E-state index in [1.54, 1.807) is 30.3 Å². The van der Waals surface area contributed by atoms with Crippen LogP contribution in [-0.2, 0) is 0 Å². The van der Waals surface area contributed by atoms with Gasteiger partial charge >= 0.3 is 0 Å². The highest BCUT2D eigenvalue weighted by atomic mass is 16.2. The first-order valence-electron chi connectivity index (χ1n) is 11.6. The van der Waals surface area contributed by atoms with Crippen LogP contribution in [-0.4, -0.2) is 33.8 Å². The number of carbonyl (C=O) groups is 2. The van der Waals surface area contributed by atoms with E-state index in [9.17, 15) is 9.59 Å². The van der Waals surface area contributed by atoms with E-state index in [-0.39, 0.29) is 11.8 Å². The van der Waals surface area contributed by atoms with Crippen molar-refractivity contribution in [2.75, 3.05) is 17.3 Å². The molecule has 0 aliphatic rings. The summed E-state index contributed by atoms with van der Waals surface area (Å²) in [6.07, 6.45) is 5.55. The predicted molar refractivity (Wildman–Crippen MR) is 144 cm³/mol. The molecule has 0 bridgehead atoms. The molecule has 0 fully saturated rings. The maximum absolute atomic E-state index is 13.1. The number of aromatic nitrogens is 3. The van der Waals surface area contributed by atoms with Crippen LogP contribution >= 0.6 is 0 Å². The standard InChI is InChI=1S/C29H23N5O2/c1-34(29(36)20-6-11-25-19(15-20)12-14-31-25)22-9-10-23-24(17-32-27(23)16-22)18-4-7-21(8-5-18)33-28(35)26-3-2-13-30-26/h2-17,30-32H,1H3,(H,33,35). The average molecular weight is 474 g/mol. The van der Waals surface area contributed by atoms with Crippen molar-refractivity contribution in [3.63, 3.8) is 0 Å². The Morgan fingerprint density at radius 1 is 0.806 bits per heavy atom. The molecule has 0 saturated carbocycles. The van der Waals surface area contributed by atoms with Crippen LogP contribution < -0.4 is 10.2 Å². The molecule has 0 radical (unpaired) electrons. The number of hydrogen-bond donors (Lipinski definition) is 4. The SMILES string of the molecule is CN(C(=O)c1ccc2[nH]ccc2c1)c1ccc2c(-c3ccc(NC(=O)c4ccc[nH]4)cc3)c[nH]c2c1. The van der Waals surface area contributed by atoms with Crippen LogP contribution in [0.25, 0.3) is 32.9 Å². The number of carbonyl (C=O) groups excluding carboxylic acids is 2. The van der Waals surface area contributed by atoms with Gasteiger partial charge in [-0.25, -0.2) is 0 Å². The van der Waals surface area contributed by atoms with Crippen molar-refractivity contribution in [3.05, 3.63) is 109 Å². The maximum atomic E-state index is 13.1. The van der Waals surface area contributed by atoms with Gasteiger partial charge in [0.15, 0.2) is 0 Å². The normalized spacial score (nSPS) is 11.1. The Labute approximate surface area is 206 Å². The molecule has 3 heterocycles. The first-order chi connectivity index (χ1) is 17.6. The first kappa shape index (κ1) is 21.5. The molecular weight excluding hydrogens is 450 g/mol. The van der Waals surface area contributed by atoms with Gasteiger partial charge in [-0.2, -0.15) is 0 Å². The quantitative estimate of drug-likeness (QED) is 0.241. The Hall–Kier alpha value is -5.04. The number of rotatable bonds is 5. The fourth-order valence-corrected chi connectivity index (χ4v) is 4.46. The van der Waals surface area contributed by atoms with Crippen LogP contribution in [0.4, 0.5) is 11.4 Å². The topological polar surface area (TPSA) is 96.8 Å². The van der Waals surface area contributed by atoms with Crippen molar-refractivity contribution in [1.82, 2.24) is 15.0 Å². The third-order valence-corrected chi connectivity index (χ3v) is 6.45. The van der Waals surface area contributed by atoms with E-state index >= 15 is 0 Å². The molecule has 0 unspecified atom stereocenters. The average Bonchev–Trinajstić information content (AvgIpc) is 3.68. The van der Waals surface area contributed by atoms with Crippen molar-refractivity contribution in [3.8, 4) is 11.1 Å². The lowest BCUT2D eigenvalue weighted by Crippen LogP contribution is -2.26. The Bertz CT molecular complexity index is 1710. The number of anilines is 2. The van der Waals surface area contributed by atoms with Crippen molar-refractivity contribution in [1.29, 1.82) is 0 Å². The number of aromatic amines is 3. The molecule has 0 atom stereocenters. The van der Waals surface area contributed by atoms with Gasteiger partial charge in [0.05, 0.1) is 0 Å². The van der Waals surface area contributed by atoms with Gasteiger partial charge in [0, 0.05) is 69.9 Å². The van der Waals surface area contributed by atoms with Gasteiger partial charge < -0.3 is 25.2 Å². The summed E-state index contributed by atoms with van der Waals surface area (Å²) in [6, 6.07) is 24.8. The number of H-pyrrole nitrogens is 3. The summed E-state index contributed by atoms with van der Waals surface area (Å²) in [4.78, 5) is 36.4. The first-order valence-corrected chi connectivity index (χ1v) is 11.6. The number of hydrogen-bond acceptors (Lipinski definition) is 2. The molecule has 3 aromatic heterocycles.